The molecule has 0 amide bonds. The molecule has 2 rings (SSSR count). The third kappa shape index (κ3) is 2.05. The number of rotatable bonds is 4. The lowest BCUT2D eigenvalue weighted by Crippen LogP contribution is -2.33. The van der Waals surface area contributed by atoms with Gasteiger partial charge in [0.2, 0.25) is 0 Å². The minimum absolute atomic E-state index is 0.499. The third-order valence-corrected chi connectivity index (χ3v) is 4.14. The summed E-state index contributed by atoms with van der Waals surface area (Å²) in [4.78, 5) is 0. The molecule has 2 heteroatoms. The van der Waals surface area contributed by atoms with E-state index >= 15 is 0 Å². The van der Waals surface area contributed by atoms with Crippen LogP contribution in [0.4, 0.5) is 0 Å². The Labute approximate surface area is 81.2 Å². The van der Waals surface area contributed by atoms with Gasteiger partial charge >= 0.3 is 0 Å². The molecule has 2 nitrogen and oxygen atoms in total. The summed E-state index contributed by atoms with van der Waals surface area (Å²) in [6, 6.07) is 0.499. The summed E-state index contributed by atoms with van der Waals surface area (Å²) in [5.74, 6) is 8.59. The summed E-state index contributed by atoms with van der Waals surface area (Å²) in [6.45, 7) is 2.17. The Balaban J connectivity index is 1.71. The molecule has 0 spiro atoms. The molecule has 76 valence electrons. The van der Waals surface area contributed by atoms with Gasteiger partial charge in [-0.25, -0.2) is 0 Å². The molecule has 0 aliphatic heterocycles. The summed E-state index contributed by atoms with van der Waals surface area (Å²) >= 11 is 0. The number of hydrazine groups is 1. The minimum Gasteiger partial charge on any atom is -0.271 e. The topological polar surface area (TPSA) is 38.0 Å². The number of fused-ring (bicyclic) bond motifs is 2. The average Bonchev–Trinajstić information content (AvgIpc) is 2.74. The largest absolute Gasteiger partial charge is 0.271 e. The summed E-state index contributed by atoms with van der Waals surface area (Å²) in [5, 5.41) is 0. The zero-order valence-electron chi connectivity index (χ0n) is 8.63. The molecular weight excluding hydrogens is 160 g/mol. The summed E-state index contributed by atoms with van der Waals surface area (Å²) in [7, 11) is 0. The van der Waals surface area contributed by atoms with E-state index in [0.717, 1.165) is 17.8 Å². The molecule has 2 saturated carbocycles. The fraction of sp³-hybridized carbons (Fsp3) is 1.00. The van der Waals surface area contributed by atoms with Gasteiger partial charge in [0.15, 0.2) is 0 Å². The Bertz CT molecular complexity index is 169. The van der Waals surface area contributed by atoms with Crippen molar-refractivity contribution in [3.05, 3.63) is 0 Å². The van der Waals surface area contributed by atoms with Gasteiger partial charge in [-0.05, 0) is 56.8 Å². The number of hydrogen-bond donors (Lipinski definition) is 2. The van der Waals surface area contributed by atoms with Crippen molar-refractivity contribution in [3.63, 3.8) is 0 Å². The first-order valence-electron chi connectivity index (χ1n) is 5.75. The number of nitrogens with one attached hydrogen (secondary N) is 1. The quantitative estimate of drug-likeness (QED) is 0.516. The highest BCUT2D eigenvalue weighted by atomic mass is 15.2. The molecule has 3 N–H and O–H groups in total. The lowest BCUT2D eigenvalue weighted by Gasteiger charge is -2.22. The molecule has 0 aromatic heterocycles. The van der Waals surface area contributed by atoms with Gasteiger partial charge in [0, 0.05) is 6.04 Å². The van der Waals surface area contributed by atoms with Crippen LogP contribution in [0.3, 0.4) is 0 Å². The molecule has 2 fully saturated rings. The second-order valence-electron chi connectivity index (χ2n) is 5.08. The molecular formula is C11H22N2. The van der Waals surface area contributed by atoms with Crippen LogP contribution >= 0.6 is 0 Å². The molecule has 0 aromatic rings. The van der Waals surface area contributed by atoms with Crippen molar-refractivity contribution in [2.24, 2.45) is 23.6 Å². The molecule has 0 radical (unpaired) electrons. The van der Waals surface area contributed by atoms with E-state index in [9.17, 15) is 0 Å². The average molecular weight is 182 g/mol. The molecule has 2 aliphatic carbocycles. The standard InChI is InChI=1S/C11H22N2/c1-8(13-12)2-4-10-6-9-3-5-11(10)7-9/h8-11,13H,2-7,12H2,1H3. The fourth-order valence-corrected chi connectivity index (χ4v) is 3.28. The van der Waals surface area contributed by atoms with Crippen molar-refractivity contribution in [2.45, 2.75) is 51.5 Å². The smallest absolute Gasteiger partial charge is 0.0182 e. The molecule has 0 saturated heterocycles. The predicted molar refractivity (Wildman–Crippen MR) is 55.0 cm³/mol. The maximum Gasteiger partial charge on any atom is 0.0182 e. The molecule has 0 heterocycles. The van der Waals surface area contributed by atoms with Crippen LogP contribution in [-0.4, -0.2) is 6.04 Å². The first-order chi connectivity index (χ1) is 6.29. The van der Waals surface area contributed by atoms with E-state index in [1.807, 2.05) is 0 Å². The summed E-state index contributed by atoms with van der Waals surface area (Å²) in [5.41, 5.74) is 2.83. The van der Waals surface area contributed by atoms with Gasteiger partial charge < -0.3 is 0 Å². The van der Waals surface area contributed by atoms with E-state index in [-0.39, 0.29) is 0 Å². The van der Waals surface area contributed by atoms with Gasteiger partial charge in [-0.15, -0.1) is 0 Å². The fourth-order valence-electron chi connectivity index (χ4n) is 3.28. The highest BCUT2D eigenvalue weighted by molar-refractivity contribution is 4.90. The lowest BCUT2D eigenvalue weighted by molar-refractivity contribution is 0.296. The maximum atomic E-state index is 5.38. The van der Waals surface area contributed by atoms with Gasteiger partial charge in [0.05, 0.1) is 0 Å². The molecule has 2 aliphatic rings. The third-order valence-electron chi connectivity index (χ3n) is 4.14. The Hall–Kier alpha value is -0.0800. The second kappa shape index (κ2) is 3.97. The zero-order chi connectivity index (χ0) is 9.26. The number of hydrogen-bond acceptors (Lipinski definition) is 2. The highest BCUT2D eigenvalue weighted by Crippen LogP contribution is 2.49. The minimum atomic E-state index is 0.499. The Kier molecular flexibility index (Phi) is 2.89. The van der Waals surface area contributed by atoms with Crippen LogP contribution in [0.15, 0.2) is 0 Å². The van der Waals surface area contributed by atoms with E-state index in [0.29, 0.717) is 6.04 Å². The van der Waals surface area contributed by atoms with Gasteiger partial charge in [0.25, 0.3) is 0 Å². The van der Waals surface area contributed by atoms with Crippen LogP contribution in [0.25, 0.3) is 0 Å². The van der Waals surface area contributed by atoms with Crippen molar-refractivity contribution in [1.82, 2.24) is 5.43 Å². The predicted octanol–water partition coefficient (Wildman–Crippen LogP) is 2.05. The van der Waals surface area contributed by atoms with Gasteiger partial charge in [0.1, 0.15) is 0 Å². The molecule has 2 bridgehead atoms. The second-order valence-corrected chi connectivity index (χ2v) is 5.08. The summed E-state index contributed by atoms with van der Waals surface area (Å²) < 4.78 is 0. The molecule has 4 unspecified atom stereocenters. The van der Waals surface area contributed by atoms with Gasteiger partial charge in [-0.3, -0.25) is 11.3 Å². The first-order valence-corrected chi connectivity index (χ1v) is 5.75. The highest BCUT2D eigenvalue weighted by Gasteiger charge is 2.38. The lowest BCUT2D eigenvalue weighted by atomic mass is 9.85. The van der Waals surface area contributed by atoms with Crippen LogP contribution < -0.4 is 11.3 Å². The van der Waals surface area contributed by atoms with Crippen molar-refractivity contribution in [1.29, 1.82) is 0 Å². The van der Waals surface area contributed by atoms with Crippen molar-refractivity contribution in [2.75, 3.05) is 0 Å². The monoisotopic (exact) mass is 182 g/mol. The van der Waals surface area contributed by atoms with Crippen molar-refractivity contribution >= 4 is 0 Å². The molecule has 13 heavy (non-hydrogen) atoms. The molecule has 0 aromatic carbocycles. The van der Waals surface area contributed by atoms with E-state index in [1.54, 1.807) is 0 Å². The van der Waals surface area contributed by atoms with E-state index < -0.39 is 0 Å². The van der Waals surface area contributed by atoms with Crippen LogP contribution in [0.2, 0.25) is 0 Å². The van der Waals surface area contributed by atoms with Crippen LogP contribution in [0.5, 0.6) is 0 Å². The van der Waals surface area contributed by atoms with E-state index in [1.165, 1.54) is 38.5 Å². The SMILES string of the molecule is CC(CCC1CC2CCC1C2)NN. The Morgan fingerprint density at radius 1 is 1.38 bits per heavy atom. The normalized spacial score (nSPS) is 39.7. The van der Waals surface area contributed by atoms with Crippen LogP contribution in [0, 0.1) is 17.8 Å². The van der Waals surface area contributed by atoms with Crippen LogP contribution in [-0.2, 0) is 0 Å². The van der Waals surface area contributed by atoms with Crippen LogP contribution in [0.1, 0.15) is 45.4 Å². The van der Waals surface area contributed by atoms with Gasteiger partial charge in [-0.2, -0.15) is 0 Å². The Morgan fingerprint density at radius 3 is 2.77 bits per heavy atom. The maximum absolute atomic E-state index is 5.38. The first kappa shape index (κ1) is 9.47. The Morgan fingerprint density at radius 2 is 2.23 bits per heavy atom. The van der Waals surface area contributed by atoms with E-state index in [4.69, 9.17) is 5.84 Å². The summed E-state index contributed by atoms with van der Waals surface area (Å²) in [6.07, 6.45) is 8.74. The zero-order valence-corrected chi connectivity index (χ0v) is 8.63. The van der Waals surface area contributed by atoms with Crippen molar-refractivity contribution < 1.29 is 0 Å². The van der Waals surface area contributed by atoms with Gasteiger partial charge in [-0.1, -0.05) is 6.42 Å². The molecule has 4 atom stereocenters. The van der Waals surface area contributed by atoms with Crippen molar-refractivity contribution in [3.8, 4) is 0 Å². The van der Waals surface area contributed by atoms with E-state index in [2.05, 4.69) is 12.3 Å². The number of nitrogens with two attached hydrogens (primary N) is 1.